The SMILES string of the molecule is Nc1ccc(NC(=O)N2CCCc3ccccc32)cc1. The van der Waals surface area contributed by atoms with Crippen LogP contribution in [0.2, 0.25) is 0 Å². The summed E-state index contributed by atoms with van der Waals surface area (Å²) < 4.78 is 0. The van der Waals surface area contributed by atoms with Gasteiger partial charge in [0, 0.05) is 23.6 Å². The summed E-state index contributed by atoms with van der Waals surface area (Å²) in [5, 5.41) is 2.91. The molecule has 0 bridgehead atoms. The number of benzene rings is 2. The van der Waals surface area contributed by atoms with E-state index in [0.717, 1.165) is 30.8 Å². The second-order valence-electron chi connectivity index (χ2n) is 4.94. The van der Waals surface area contributed by atoms with Crippen molar-refractivity contribution in [2.24, 2.45) is 0 Å². The number of rotatable bonds is 1. The zero-order chi connectivity index (χ0) is 13.9. The number of hydrogen-bond acceptors (Lipinski definition) is 2. The molecule has 3 rings (SSSR count). The van der Waals surface area contributed by atoms with E-state index in [9.17, 15) is 4.79 Å². The van der Waals surface area contributed by atoms with Gasteiger partial charge < -0.3 is 11.1 Å². The summed E-state index contributed by atoms with van der Waals surface area (Å²) in [5.74, 6) is 0. The molecule has 2 aromatic carbocycles. The molecule has 4 heteroatoms. The van der Waals surface area contributed by atoms with Crippen LogP contribution in [0, 0.1) is 0 Å². The Hall–Kier alpha value is -2.49. The fraction of sp³-hybridized carbons (Fsp3) is 0.188. The third-order valence-corrected chi connectivity index (χ3v) is 3.52. The van der Waals surface area contributed by atoms with Crippen LogP contribution in [0.5, 0.6) is 0 Å². The minimum Gasteiger partial charge on any atom is -0.399 e. The molecule has 0 radical (unpaired) electrons. The van der Waals surface area contributed by atoms with Crippen LogP contribution in [0.4, 0.5) is 21.9 Å². The third kappa shape index (κ3) is 2.45. The molecule has 0 unspecified atom stereocenters. The topological polar surface area (TPSA) is 58.4 Å². The number of hydrogen-bond donors (Lipinski definition) is 2. The molecule has 102 valence electrons. The maximum absolute atomic E-state index is 12.4. The number of aryl methyl sites for hydroxylation is 1. The first-order valence-electron chi connectivity index (χ1n) is 6.76. The summed E-state index contributed by atoms with van der Waals surface area (Å²) in [7, 11) is 0. The standard InChI is InChI=1S/C16H17N3O/c17-13-7-9-14(10-8-13)18-16(20)19-11-3-5-12-4-1-2-6-15(12)19/h1-2,4,6-10H,3,5,11,17H2,(H,18,20). The maximum atomic E-state index is 12.4. The molecule has 0 saturated carbocycles. The van der Waals surface area contributed by atoms with Crippen molar-refractivity contribution in [1.82, 2.24) is 0 Å². The molecule has 1 aliphatic heterocycles. The molecule has 0 saturated heterocycles. The van der Waals surface area contributed by atoms with Crippen molar-refractivity contribution in [2.45, 2.75) is 12.8 Å². The number of para-hydroxylation sites is 1. The van der Waals surface area contributed by atoms with E-state index in [0.29, 0.717) is 5.69 Å². The first kappa shape index (κ1) is 12.5. The Labute approximate surface area is 118 Å². The minimum absolute atomic E-state index is 0.0954. The highest BCUT2D eigenvalue weighted by Crippen LogP contribution is 2.27. The highest BCUT2D eigenvalue weighted by Gasteiger charge is 2.21. The predicted octanol–water partition coefficient (Wildman–Crippen LogP) is 3.25. The first-order chi connectivity index (χ1) is 9.74. The Morgan fingerprint density at radius 1 is 1.10 bits per heavy atom. The van der Waals surface area contributed by atoms with Crippen LogP contribution in [-0.2, 0) is 6.42 Å². The molecule has 20 heavy (non-hydrogen) atoms. The lowest BCUT2D eigenvalue weighted by Gasteiger charge is -2.29. The second-order valence-corrected chi connectivity index (χ2v) is 4.94. The number of nitrogens with one attached hydrogen (secondary N) is 1. The van der Waals surface area contributed by atoms with Gasteiger partial charge in [0.25, 0.3) is 0 Å². The van der Waals surface area contributed by atoms with Crippen LogP contribution in [0.3, 0.4) is 0 Å². The molecule has 0 fully saturated rings. The van der Waals surface area contributed by atoms with Crippen LogP contribution in [0.15, 0.2) is 48.5 Å². The van der Waals surface area contributed by atoms with E-state index in [2.05, 4.69) is 11.4 Å². The Balaban J connectivity index is 1.80. The second kappa shape index (κ2) is 5.25. The van der Waals surface area contributed by atoms with Crippen molar-refractivity contribution in [1.29, 1.82) is 0 Å². The summed E-state index contributed by atoms with van der Waals surface area (Å²) in [5.41, 5.74) is 9.32. The number of carbonyl (C=O) groups excluding carboxylic acids is 1. The van der Waals surface area contributed by atoms with Gasteiger partial charge in [-0.15, -0.1) is 0 Å². The lowest BCUT2D eigenvalue weighted by molar-refractivity contribution is 0.256. The molecule has 3 N–H and O–H groups in total. The van der Waals surface area contributed by atoms with Crippen LogP contribution in [-0.4, -0.2) is 12.6 Å². The average molecular weight is 267 g/mol. The van der Waals surface area contributed by atoms with Crippen LogP contribution < -0.4 is 16.0 Å². The Kier molecular flexibility index (Phi) is 3.29. The number of anilines is 3. The summed E-state index contributed by atoms with van der Waals surface area (Å²) in [6, 6.07) is 15.1. The first-order valence-corrected chi connectivity index (χ1v) is 6.76. The minimum atomic E-state index is -0.0954. The van der Waals surface area contributed by atoms with Gasteiger partial charge in [0.1, 0.15) is 0 Å². The fourth-order valence-corrected chi connectivity index (χ4v) is 2.50. The monoisotopic (exact) mass is 267 g/mol. The van der Waals surface area contributed by atoms with Gasteiger partial charge >= 0.3 is 6.03 Å². The van der Waals surface area contributed by atoms with Crippen molar-refractivity contribution in [3.05, 3.63) is 54.1 Å². The molecule has 4 nitrogen and oxygen atoms in total. The summed E-state index contributed by atoms with van der Waals surface area (Å²) in [4.78, 5) is 14.2. The van der Waals surface area contributed by atoms with E-state index in [-0.39, 0.29) is 6.03 Å². The van der Waals surface area contributed by atoms with Gasteiger partial charge in [-0.2, -0.15) is 0 Å². The van der Waals surface area contributed by atoms with E-state index < -0.39 is 0 Å². The van der Waals surface area contributed by atoms with Gasteiger partial charge in [-0.05, 0) is 48.7 Å². The Morgan fingerprint density at radius 3 is 2.65 bits per heavy atom. The molecular formula is C16H17N3O. The molecule has 0 atom stereocenters. The van der Waals surface area contributed by atoms with Gasteiger partial charge in [0.15, 0.2) is 0 Å². The number of fused-ring (bicyclic) bond motifs is 1. The number of amides is 2. The average Bonchev–Trinajstić information content (AvgIpc) is 2.49. The van der Waals surface area contributed by atoms with Gasteiger partial charge in [-0.1, -0.05) is 18.2 Å². The van der Waals surface area contributed by atoms with E-state index in [1.54, 1.807) is 17.0 Å². The zero-order valence-corrected chi connectivity index (χ0v) is 11.2. The highest BCUT2D eigenvalue weighted by molar-refractivity contribution is 6.02. The largest absolute Gasteiger partial charge is 0.399 e. The molecular weight excluding hydrogens is 250 g/mol. The molecule has 0 spiro atoms. The van der Waals surface area contributed by atoms with Gasteiger partial charge in [-0.25, -0.2) is 4.79 Å². The van der Waals surface area contributed by atoms with Gasteiger partial charge in [0.2, 0.25) is 0 Å². The summed E-state index contributed by atoms with van der Waals surface area (Å²) in [6.45, 7) is 0.748. The highest BCUT2D eigenvalue weighted by atomic mass is 16.2. The molecule has 0 aromatic heterocycles. The van der Waals surface area contributed by atoms with Crippen LogP contribution >= 0.6 is 0 Å². The number of urea groups is 1. The van der Waals surface area contributed by atoms with Crippen molar-refractivity contribution in [3.63, 3.8) is 0 Å². The van der Waals surface area contributed by atoms with Crippen molar-refractivity contribution in [2.75, 3.05) is 22.5 Å². The summed E-state index contributed by atoms with van der Waals surface area (Å²) >= 11 is 0. The smallest absolute Gasteiger partial charge is 0.326 e. The number of nitrogens with zero attached hydrogens (tertiary/aromatic N) is 1. The quantitative estimate of drug-likeness (QED) is 0.779. The van der Waals surface area contributed by atoms with Crippen LogP contribution in [0.25, 0.3) is 0 Å². The predicted molar refractivity (Wildman–Crippen MR) is 82.0 cm³/mol. The van der Waals surface area contributed by atoms with E-state index in [1.165, 1.54) is 5.56 Å². The molecule has 0 aliphatic carbocycles. The van der Waals surface area contributed by atoms with E-state index in [1.807, 2.05) is 30.3 Å². The fourth-order valence-electron chi connectivity index (χ4n) is 2.50. The number of nitrogen functional groups attached to an aromatic ring is 1. The van der Waals surface area contributed by atoms with Crippen LogP contribution in [0.1, 0.15) is 12.0 Å². The van der Waals surface area contributed by atoms with Crippen molar-refractivity contribution < 1.29 is 4.79 Å². The van der Waals surface area contributed by atoms with E-state index in [4.69, 9.17) is 5.73 Å². The lowest BCUT2D eigenvalue weighted by Crippen LogP contribution is -2.38. The van der Waals surface area contributed by atoms with Crippen molar-refractivity contribution in [3.8, 4) is 0 Å². The zero-order valence-electron chi connectivity index (χ0n) is 11.2. The maximum Gasteiger partial charge on any atom is 0.326 e. The van der Waals surface area contributed by atoms with Crippen molar-refractivity contribution >= 4 is 23.1 Å². The molecule has 2 amide bonds. The third-order valence-electron chi connectivity index (χ3n) is 3.52. The molecule has 2 aromatic rings. The number of nitrogens with two attached hydrogens (primary N) is 1. The van der Waals surface area contributed by atoms with Gasteiger partial charge in [0.05, 0.1) is 0 Å². The number of carbonyl (C=O) groups is 1. The Bertz CT molecular complexity index is 622. The Morgan fingerprint density at radius 2 is 1.85 bits per heavy atom. The molecule has 1 heterocycles. The molecule has 1 aliphatic rings. The van der Waals surface area contributed by atoms with Gasteiger partial charge in [-0.3, -0.25) is 4.90 Å². The van der Waals surface area contributed by atoms with E-state index >= 15 is 0 Å². The summed E-state index contributed by atoms with van der Waals surface area (Å²) in [6.07, 6.45) is 2.02. The normalized spacial score (nSPS) is 13.7. The lowest BCUT2D eigenvalue weighted by atomic mass is 10.0.